The van der Waals surface area contributed by atoms with Crippen LogP contribution >= 0.6 is 0 Å². The standard InChI is InChI=1S/C24H43BN2O8/c1-22(2,3)33-21(28)8-10-29-12-14-31-16-17-32-15-13-30-11-9-27-19-20(18-26-27)25-34-23(4,5)24(6,7)35-25/h18-19H,8-17H2,1-7H3. The van der Waals surface area contributed by atoms with Crippen molar-refractivity contribution in [3.8, 4) is 0 Å². The molecule has 1 aliphatic heterocycles. The lowest BCUT2D eigenvalue weighted by Crippen LogP contribution is -2.41. The molecule has 0 bridgehead atoms. The monoisotopic (exact) mass is 498 g/mol. The Morgan fingerprint density at radius 3 is 1.89 bits per heavy atom. The smallest absolute Gasteiger partial charge is 0.460 e. The number of ether oxygens (including phenoxy) is 5. The van der Waals surface area contributed by atoms with Crippen LogP contribution in [0.25, 0.3) is 0 Å². The number of esters is 1. The molecule has 0 spiro atoms. The quantitative estimate of drug-likeness (QED) is 0.192. The van der Waals surface area contributed by atoms with Gasteiger partial charge in [0.15, 0.2) is 0 Å². The molecule has 0 aromatic carbocycles. The first-order chi connectivity index (χ1) is 16.4. The van der Waals surface area contributed by atoms with Crippen molar-refractivity contribution < 1.29 is 37.8 Å². The molecule has 0 atom stereocenters. The van der Waals surface area contributed by atoms with Crippen LogP contribution in [-0.2, 0) is 44.3 Å². The molecule has 0 radical (unpaired) electrons. The summed E-state index contributed by atoms with van der Waals surface area (Å²) in [6, 6.07) is 0. The third kappa shape index (κ3) is 11.0. The van der Waals surface area contributed by atoms with Crippen LogP contribution in [0.5, 0.6) is 0 Å². The molecule has 1 aliphatic rings. The maximum atomic E-state index is 11.5. The molecule has 0 amide bonds. The molecule has 1 saturated heterocycles. The highest BCUT2D eigenvalue weighted by atomic mass is 16.7. The fraction of sp³-hybridized carbons (Fsp3) is 0.833. The maximum Gasteiger partial charge on any atom is 0.498 e. The highest BCUT2D eigenvalue weighted by Crippen LogP contribution is 2.36. The minimum Gasteiger partial charge on any atom is -0.460 e. The van der Waals surface area contributed by atoms with Gasteiger partial charge in [-0.05, 0) is 48.5 Å². The van der Waals surface area contributed by atoms with E-state index in [4.69, 9.17) is 33.0 Å². The zero-order valence-electron chi connectivity index (χ0n) is 22.5. The number of carbonyl (C=O) groups excluding carboxylic acids is 1. The summed E-state index contributed by atoms with van der Waals surface area (Å²) in [5.74, 6) is -0.259. The zero-order valence-corrected chi connectivity index (χ0v) is 22.5. The van der Waals surface area contributed by atoms with E-state index in [0.29, 0.717) is 59.4 Å². The number of hydrogen-bond donors (Lipinski definition) is 0. The molecule has 0 aliphatic carbocycles. The lowest BCUT2D eigenvalue weighted by Gasteiger charge is -2.32. The summed E-state index contributed by atoms with van der Waals surface area (Å²) < 4.78 is 41.0. The maximum absolute atomic E-state index is 11.5. The Morgan fingerprint density at radius 2 is 1.37 bits per heavy atom. The van der Waals surface area contributed by atoms with Gasteiger partial charge in [0.25, 0.3) is 0 Å². The Labute approximate surface area is 210 Å². The van der Waals surface area contributed by atoms with Crippen LogP contribution in [0.2, 0.25) is 0 Å². The second kappa shape index (κ2) is 13.7. The molecule has 0 N–H and O–H groups in total. The molecule has 0 saturated carbocycles. The van der Waals surface area contributed by atoms with E-state index in [0.717, 1.165) is 5.46 Å². The summed E-state index contributed by atoms with van der Waals surface area (Å²) in [7, 11) is -0.408. The Kier molecular flexibility index (Phi) is 11.6. The van der Waals surface area contributed by atoms with Gasteiger partial charge in [-0.1, -0.05) is 0 Å². The molecule has 10 nitrogen and oxygen atoms in total. The number of aromatic nitrogens is 2. The average molecular weight is 498 g/mol. The summed E-state index contributed by atoms with van der Waals surface area (Å²) in [5, 5.41) is 4.37. The first kappa shape index (κ1) is 29.7. The predicted molar refractivity (Wildman–Crippen MR) is 132 cm³/mol. The molecule has 35 heavy (non-hydrogen) atoms. The van der Waals surface area contributed by atoms with Gasteiger partial charge in [0, 0.05) is 17.9 Å². The summed E-state index contributed by atoms with van der Waals surface area (Å²) in [6.07, 6.45) is 3.94. The van der Waals surface area contributed by atoms with Crippen LogP contribution in [-0.4, -0.2) is 92.5 Å². The number of hydrogen-bond acceptors (Lipinski definition) is 9. The summed E-state index contributed by atoms with van der Waals surface area (Å²) in [5.41, 5.74) is -0.304. The van der Waals surface area contributed by atoms with Crippen molar-refractivity contribution in [2.75, 3.05) is 52.9 Å². The van der Waals surface area contributed by atoms with Gasteiger partial charge in [0.1, 0.15) is 5.60 Å². The van der Waals surface area contributed by atoms with Gasteiger partial charge in [-0.15, -0.1) is 0 Å². The molecule has 0 unspecified atom stereocenters. The van der Waals surface area contributed by atoms with E-state index in [2.05, 4.69) is 5.10 Å². The van der Waals surface area contributed by atoms with Gasteiger partial charge in [0.2, 0.25) is 0 Å². The average Bonchev–Trinajstić information content (AvgIpc) is 3.28. The SMILES string of the molecule is CC(C)(C)OC(=O)CCOCCOCCOCCOCCn1cc(B2OC(C)(C)C(C)(C)O2)cn1. The van der Waals surface area contributed by atoms with Crippen molar-refractivity contribution in [3.05, 3.63) is 12.4 Å². The van der Waals surface area contributed by atoms with Crippen LogP contribution in [0, 0.1) is 0 Å². The molecule has 2 heterocycles. The van der Waals surface area contributed by atoms with Crippen LogP contribution in [0.4, 0.5) is 0 Å². The van der Waals surface area contributed by atoms with Crippen molar-refractivity contribution in [1.29, 1.82) is 0 Å². The van der Waals surface area contributed by atoms with Crippen LogP contribution in [0.1, 0.15) is 54.9 Å². The predicted octanol–water partition coefficient (Wildman–Crippen LogP) is 1.98. The summed E-state index contributed by atoms with van der Waals surface area (Å²) in [6.45, 7) is 18.0. The van der Waals surface area contributed by atoms with Gasteiger partial charge < -0.3 is 33.0 Å². The van der Waals surface area contributed by atoms with E-state index < -0.39 is 12.7 Å². The second-order valence-corrected chi connectivity index (χ2v) is 10.4. The second-order valence-electron chi connectivity index (χ2n) is 10.4. The Hall–Kier alpha value is -1.50. The Morgan fingerprint density at radius 1 is 0.886 bits per heavy atom. The Bertz CT molecular complexity index is 747. The highest BCUT2D eigenvalue weighted by Gasteiger charge is 2.52. The molecule has 2 rings (SSSR count). The topological polar surface area (TPSA) is 99.5 Å². The lowest BCUT2D eigenvalue weighted by molar-refractivity contribution is -0.156. The molecule has 1 aromatic rings. The first-order valence-electron chi connectivity index (χ1n) is 12.3. The fourth-order valence-corrected chi connectivity index (χ4v) is 3.07. The molecule has 200 valence electrons. The van der Waals surface area contributed by atoms with E-state index in [-0.39, 0.29) is 23.6 Å². The normalized spacial score (nSPS) is 17.2. The molecular formula is C24H43BN2O8. The van der Waals surface area contributed by atoms with Gasteiger partial charge >= 0.3 is 13.1 Å². The van der Waals surface area contributed by atoms with E-state index in [1.165, 1.54) is 0 Å². The summed E-state index contributed by atoms with van der Waals surface area (Å²) >= 11 is 0. The van der Waals surface area contributed by atoms with Crippen molar-refractivity contribution >= 4 is 18.6 Å². The van der Waals surface area contributed by atoms with Crippen LogP contribution in [0.15, 0.2) is 12.4 Å². The van der Waals surface area contributed by atoms with Gasteiger partial charge in [-0.3, -0.25) is 9.48 Å². The van der Waals surface area contributed by atoms with Gasteiger partial charge in [0.05, 0.1) is 77.0 Å². The first-order valence-corrected chi connectivity index (χ1v) is 12.3. The van der Waals surface area contributed by atoms with Crippen molar-refractivity contribution in [2.45, 2.75) is 78.2 Å². The van der Waals surface area contributed by atoms with Gasteiger partial charge in [-0.25, -0.2) is 0 Å². The number of nitrogens with zero attached hydrogens (tertiary/aromatic N) is 2. The fourth-order valence-electron chi connectivity index (χ4n) is 3.07. The zero-order chi connectivity index (χ0) is 26.0. The molecular weight excluding hydrogens is 455 g/mol. The lowest BCUT2D eigenvalue weighted by atomic mass is 9.82. The van der Waals surface area contributed by atoms with Crippen LogP contribution < -0.4 is 5.46 Å². The molecule has 1 aromatic heterocycles. The van der Waals surface area contributed by atoms with Crippen molar-refractivity contribution in [2.24, 2.45) is 0 Å². The van der Waals surface area contributed by atoms with Crippen LogP contribution in [0.3, 0.4) is 0 Å². The Balaban J connectivity index is 1.40. The minimum absolute atomic E-state index is 0.238. The van der Waals surface area contributed by atoms with Crippen molar-refractivity contribution in [1.82, 2.24) is 9.78 Å². The van der Waals surface area contributed by atoms with E-state index in [1.54, 1.807) is 6.20 Å². The number of carbonyl (C=O) groups is 1. The largest absolute Gasteiger partial charge is 0.498 e. The van der Waals surface area contributed by atoms with E-state index in [1.807, 2.05) is 59.3 Å². The van der Waals surface area contributed by atoms with Gasteiger partial charge in [-0.2, -0.15) is 5.10 Å². The molecule has 11 heteroatoms. The molecule has 1 fully saturated rings. The minimum atomic E-state index is -0.467. The number of rotatable bonds is 16. The van der Waals surface area contributed by atoms with E-state index in [9.17, 15) is 4.79 Å². The highest BCUT2D eigenvalue weighted by molar-refractivity contribution is 6.61. The summed E-state index contributed by atoms with van der Waals surface area (Å²) in [4.78, 5) is 11.5. The van der Waals surface area contributed by atoms with Crippen molar-refractivity contribution in [3.63, 3.8) is 0 Å². The third-order valence-corrected chi connectivity index (χ3v) is 5.63. The van der Waals surface area contributed by atoms with E-state index >= 15 is 0 Å². The third-order valence-electron chi connectivity index (χ3n) is 5.63.